The van der Waals surface area contributed by atoms with Gasteiger partial charge < -0.3 is 4.57 Å². The van der Waals surface area contributed by atoms with Gasteiger partial charge in [-0.2, -0.15) is 0 Å². The third kappa shape index (κ3) is 3.03. The van der Waals surface area contributed by atoms with Gasteiger partial charge in [-0.05, 0) is 53.3 Å². The second kappa shape index (κ2) is 7.02. The second-order valence-corrected chi connectivity index (χ2v) is 12.0. The minimum absolute atomic E-state index is 0.889. The first-order valence-corrected chi connectivity index (χ1v) is 13.4. The SMILES string of the molecule is CP(C)(=O)c1ccc2ccc3c(-c4ccc5ccccc5c4)c4ccccc4nc3c2c1. The van der Waals surface area contributed by atoms with Gasteiger partial charge in [0.1, 0.15) is 7.14 Å². The quantitative estimate of drug-likeness (QED) is 0.160. The van der Waals surface area contributed by atoms with Crippen LogP contribution >= 0.6 is 7.14 Å². The Morgan fingerprint density at radius 2 is 1.34 bits per heavy atom. The molecule has 154 valence electrons. The van der Waals surface area contributed by atoms with Crippen LogP contribution in [0.4, 0.5) is 0 Å². The molecule has 0 saturated carbocycles. The smallest absolute Gasteiger partial charge is 0.109 e. The molecule has 0 N–H and O–H groups in total. The molecule has 0 aliphatic rings. The number of aromatic nitrogens is 1. The number of benzene rings is 5. The number of hydrogen-bond donors (Lipinski definition) is 0. The van der Waals surface area contributed by atoms with Crippen molar-refractivity contribution in [2.45, 2.75) is 0 Å². The Hall–Kier alpha value is -3.48. The maximum atomic E-state index is 12.8. The highest BCUT2D eigenvalue weighted by molar-refractivity contribution is 7.70. The van der Waals surface area contributed by atoms with Crippen LogP contribution < -0.4 is 5.30 Å². The van der Waals surface area contributed by atoms with E-state index in [0.29, 0.717) is 0 Å². The molecule has 1 aromatic heterocycles. The van der Waals surface area contributed by atoms with Crippen LogP contribution in [-0.4, -0.2) is 18.3 Å². The minimum atomic E-state index is -2.37. The number of fused-ring (bicyclic) bond motifs is 5. The Kier molecular flexibility index (Phi) is 4.22. The summed E-state index contributed by atoms with van der Waals surface area (Å²) < 4.78 is 12.8. The number of rotatable bonds is 2. The van der Waals surface area contributed by atoms with Gasteiger partial charge in [-0.3, -0.25) is 0 Å². The lowest BCUT2D eigenvalue weighted by Gasteiger charge is -2.15. The zero-order valence-corrected chi connectivity index (χ0v) is 18.9. The molecule has 0 aliphatic heterocycles. The summed E-state index contributed by atoms with van der Waals surface area (Å²) in [7, 11) is -2.37. The van der Waals surface area contributed by atoms with E-state index in [1.807, 2.05) is 25.5 Å². The Bertz CT molecular complexity index is 1730. The highest BCUT2D eigenvalue weighted by Gasteiger charge is 2.16. The fraction of sp³-hybridized carbons (Fsp3) is 0.0690. The van der Waals surface area contributed by atoms with Gasteiger partial charge in [0.25, 0.3) is 0 Å². The van der Waals surface area contributed by atoms with Crippen molar-refractivity contribution >= 4 is 55.8 Å². The lowest BCUT2D eigenvalue weighted by Crippen LogP contribution is -2.02. The second-order valence-electron chi connectivity index (χ2n) is 8.78. The molecule has 6 rings (SSSR count). The fourth-order valence-electron chi connectivity index (χ4n) is 4.65. The number of nitrogens with zero attached hydrogens (tertiary/aromatic N) is 1. The third-order valence-corrected chi connectivity index (χ3v) is 7.83. The molecule has 0 aliphatic carbocycles. The van der Waals surface area contributed by atoms with Crippen molar-refractivity contribution in [3.8, 4) is 11.1 Å². The van der Waals surface area contributed by atoms with Gasteiger partial charge in [-0.15, -0.1) is 0 Å². The van der Waals surface area contributed by atoms with Crippen molar-refractivity contribution in [1.82, 2.24) is 4.98 Å². The Labute approximate surface area is 186 Å². The van der Waals surface area contributed by atoms with Crippen molar-refractivity contribution in [1.29, 1.82) is 0 Å². The molecule has 0 spiro atoms. The van der Waals surface area contributed by atoms with E-state index >= 15 is 0 Å². The Morgan fingerprint density at radius 1 is 0.625 bits per heavy atom. The summed E-state index contributed by atoms with van der Waals surface area (Å²) in [6.07, 6.45) is 0. The standard InChI is InChI=1S/C29H22NOP/c1-32(2,31)23-15-13-20-14-16-25-28(22-12-11-19-7-3-4-8-21(19)17-22)24-9-5-6-10-27(24)30-29(25)26(20)18-23/h3-18H,1-2H3. The molecule has 0 atom stereocenters. The van der Waals surface area contributed by atoms with Crippen LogP contribution in [-0.2, 0) is 4.57 Å². The van der Waals surface area contributed by atoms with Crippen LogP contribution in [0.1, 0.15) is 0 Å². The number of hydrogen-bond acceptors (Lipinski definition) is 2. The van der Waals surface area contributed by atoms with E-state index in [2.05, 4.69) is 84.9 Å². The molecule has 0 saturated heterocycles. The van der Waals surface area contributed by atoms with Gasteiger partial charge in [0.05, 0.1) is 11.0 Å². The average Bonchev–Trinajstić information content (AvgIpc) is 2.81. The van der Waals surface area contributed by atoms with E-state index in [1.54, 1.807) is 0 Å². The summed E-state index contributed by atoms with van der Waals surface area (Å²) in [5.74, 6) is 0. The molecule has 1 heterocycles. The van der Waals surface area contributed by atoms with Gasteiger partial charge in [0.2, 0.25) is 0 Å². The van der Waals surface area contributed by atoms with Gasteiger partial charge >= 0.3 is 0 Å². The zero-order valence-electron chi connectivity index (χ0n) is 18.0. The summed E-state index contributed by atoms with van der Waals surface area (Å²) in [6.45, 7) is 3.64. The first-order chi connectivity index (χ1) is 15.5. The largest absolute Gasteiger partial charge is 0.319 e. The zero-order chi connectivity index (χ0) is 21.9. The maximum absolute atomic E-state index is 12.8. The van der Waals surface area contributed by atoms with Crippen molar-refractivity contribution in [3.05, 3.63) is 97.1 Å². The summed E-state index contributed by atoms with van der Waals surface area (Å²) in [6, 6.07) is 33.9. The molecule has 2 nitrogen and oxygen atoms in total. The summed E-state index contributed by atoms with van der Waals surface area (Å²) >= 11 is 0. The van der Waals surface area contributed by atoms with Crippen molar-refractivity contribution in [2.24, 2.45) is 0 Å². The fourth-order valence-corrected chi connectivity index (χ4v) is 5.53. The highest BCUT2D eigenvalue weighted by atomic mass is 31.2. The normalized spacial score (nSPS) is 12.2. The van der Waals surface area contributed by atoms with Gasteiger partial charge in [0.15, 0.2) is 0 Å². The van der Waals surface area contributed by atoms with E-state index in [4.69, 9.17) is 4.98 Å². The van der Waals surface area contributed by atoms with E-state index < -0.39 is 7.14 Å². The summed E-state index contributed by atoms with van der Waals surface area (Å²) in [4.78, 5) is 5.09. The molecule has 5 aromatic carbocycles. The van der Waals surface area contributed by atoms with Crippen LogP contribution in [0.5, 0.6) is 0 Å². The summed E-state index contributed by atoms with van der Waals surface area (Å²) in [5.41, 5.74) is 4.30. The van der Waals surface area contributed by atoms with E-state index in [0.717, 1.165) is 37.9 Å². The van der Waals surface area contributed by atoms with Crippen LogP contribution in [0.3, 0.4) is 0 Å². The van der Waals surface area contributed by atoms with Gasteiger partial charge in [0, 0.05) is 27.0 Å². The van der Waals surface area contributed by atoms with E-state index in [9.17, 15) is 4.57 Å². The molecule has 0 fully saturated rings. The predicted octanol–water partition coefficient (Wildman–Crippen LogP) is 7.61. The van der Waals surface area contributed by atoms with E-state index in [-0.39, 0.29) is 0 Å². The van der Waals surface area contributed by atoms with Crippen molar-refractivity contribution < 1.29 is 4.57 Å². The molecule has 3 heteroatoms. The Morgan fingerprint density at radius 3 is 2.19 bits per heavy atom. The van der Waals surface area contributed by atoms with Crippen LogP contribution in [0.15, 0.2) is 97.1 Å². The highest BCUT2D eigenvalue weighted by Crippen LogP contribution is 2.40. The molecule has 0 bridgehead atoms. The predicted molar refractivity (Wildman–Crippen MR) is 139 cm³/mol. The molecule has 0 amide bonds. The molecule has 32 heavy (non-hydrogen) atoms. The molecule has 0 radical (unpaired) electrons. The lowest BCUT2D eigenvalue weighted by molar-refractivity contribution is 0.588. The third-order valence-electron chi connectivity index (χ3n) is 6.31. The topological polar surface area (TPSA) is 30.0 Å². The van der Waals surface area contributed by atoms with Crippen LogP contribution in [0.25, 0.3) is 54.5 Å². The van der Waals surface area contributed by atoms with E-state index in [1.165, 1.54) is 21.9 Å². The average molecular weight is 431 g/mol. The van der Waals surface area contributed by atoms with Crippen molar-refractivity contribution in [3.63, 3.8) is 0 Å². The lowest BCUT2D eigenvalue weighted by atomic mass is 9.93. The number of pyridine rings is 1. The Balaban J connectivity index is 1.77. The first kappa shape index (κ1) is 19.2. The summed E-state index contributed by atoms with van der Waals surface area (Å²) in [5, 5.41) is 7.77. The minimum Gasteiger partial charge on any atom is -0.319 e. The molecular formula is C29H22NOP. The van der Waals surface area contributed by atoms with Crippen LogP contribution in [0, 0.1) is 0 Å². The molecule has 6 aromatic rings. The monoisotopic (exact) mass is 431 g/mol. The van der Waals surface area contributed by atoms with Crippen molar-refractivity contribution in [2.75, 3.05) is 13.3 Å². The molecular weight excluding hydrogens is 409 g/mol. The van der Waals surface area contributed by atoms with Gasteiger partial charge in [-0.25, -0.2) is 4.98 Å². The maximum Gasteiger partial charge on any atom is 0.109 e. The molecule has 0 unspecified atom stereocenters. The van der Waals surface area contributed by atoms with Crippen LogP contribution in [0.2, 0.25) is 0 Å². The first-order valence-electron chi connectivity index (χ1n) is 10.8. The number of para-hydroxylation sites is 1. The van der Waals surface area contributed by atoms with Gasteiger partial charge in [-0.1, -0.05) is 78.9 Å².